The second kappa shape index (κ2) is 7.29. The highest BCUT2D eigenvalue weighted by Crippen LogP contribution is 2.13. The van der Waals surface area contributed by atoms with Crippen molar-refractivity contribution in [3.05, 3.63) is 69.9 Å². The Morgan fingerprint density at radius 2 is 1.64 bits per heavy atom. The van der Waals surface area contributed by atoms with E-state index in [1.165, 1.54) is 30.5 Å². The Balaban J connectivity index is 1.70. The normalized spacial score (nSPS) is 14.9. The number of aromatic amines is 1. The van der Waals surface area contributed by atoms with Gasteiger partial charge in [-0.05, 0) is 24.6 Å². The molecule has 1 saturated heterocycles. The number of nitrogens with zero attached hydrogens (tertiary/aromatic N) is 2. The average molecular weight is 343 g/mol. The van der Waals surface area contributed by atoms with E-state index >= 15 is 0 Å². The van der Waals surface area contributed by atoms with Crippen LogP contribution in [0.15, 0.2) is 47.4 Å². The summed E-state index contributed by atoms with van der Waals surface area (Å²) in [5.74, 6) is -1.16. The predicted octanol–water partition coefficient (Wildman–Crippen LogP) is 1.50. The van der Waals surface area contributed by atoms with Crippen molar-refractivity contribution >= 4 is 11.8 Å². The van der Waals surface area contributed by atoms with Gasteiger partial charge in [-0.25, -0.2) is 4.39 Å². The summed E-state index contributed by atoms with van der Waals surface area (Å²) in [5.41, 5.74) is 0.0199. The van der Waals surface area contributed by atoms with Gasteiger partial charge in [0.25, 0.3) is 11.8 Å². The van der Waals surface area contributed by atoms with Crippen LogP contribution in [0.2, 0.25) is 0 Å². The first-order chi connectivity index (χ1) is 12.1. The fraction of sp³-hybridized carbons (Fsp3) is 0.278. The number of halogens is 1. The Bertz CT molecular complexity index is 849. The highest BCUT2D eigenvalue weighted by Gasteiger charge is 2.24. The molecular formula is C18H18FN3O3. The lowest BCUT2D eigenvalue weighted by molar-refractivity contribution is 0.0716. The molecule has 2 heterocycles. The second-order valence-corrected chi connectivity index (χ2v) is 5.86. The van der Waals surface area contributed by atoms with Crippen LogP contribution in [0.5, 0.6) is 0 Å². The van der Waals surface area contributed by atoms with E-state index in [1.54, 1.807) is 21.9 Å². The van der Waals surface area contributed by atoms with Gasteiger partial charge in [0.1, 0.15) is 5.82 Å². The van der Waals surface area contributed by atoms with Crippen LogP contribution >= 0.6 is 0 Å². The fourth-order valence-electron chi connectivity index (χ4n) is 2.89. The molecule has 1 fully saturated rings. The van der Waals surface area contributed by atoms with Gasteiger partial charge >= 0.3 is 0 Å². The molecule has 25 heavy (non-hydrogen) atoms. The average Bonchev–Trinajstić information content (AvgIpc) is 2.87. The van der Waals surface area contributed by atoms with E-state index in [-0.39, 0.29) is 22.9 Å². The van der Waals surface area contributed by atoms with Crippen molar-refractivity contribution < 1.29 is 14.0 Å². The summed E-state index contributed by atoms with van der Waals surface area (Å²) < 4.78 is 13.8. The highest BCUT2D eigenvalue weighted by atomic mass is 19.1. The molecule has 1 aliphatic rings. The van der Waals surface area contributed by atoms with Gasteiger partial charge in [0.15, 0.2) is 0 Å². The van der Waals surface area contributed by atoms with Gasteiger partial charge in [-0.1, -0.05) is 12.1 Å². The van der Waals surface area contributed by atoms with E-state index < -0.39 is 5.82 Å². The third-order valence-corrected chi connectivity index (χ3v) is 4.20. The van der Waals surface area contributed by atoms with Gasteiger partial charge in [0.05, 0.1) is 5.56 Å². The molecule has 7 heteroatoms. The van der Waals surface area contributed by atoms with E-state index in [0.29, 0.717) is 38.2 Å². The van der Waals surface area contributed by atoms with Gasteiger partial charge < -0.3 is 14.8 Å². The summed E-state index contributed by atoms with van der Waals surface area (Å²) in [6.45, 7) is 1.59. The number of pyridine rings is 1. The van der Waals surface area contributed by atoms with E-state index in [2.05, 4.69) is 4.98 Å². The van der Waals surface area contributed by atoms with Crippen LogP contribution < -0.4 is 5.56 Å². The predicted molar refractivity (Wildman–Crippen MR) is 89.9 cm³/mol. The molecule has 1 N–H and O–H groups in total. The molecule has 6 nitrogen and oxygen atoms in total. The molecule has 3 rings (SSSR count). The van der Waals surface area contributed by atoms with Crippen LogP contribution in [0.3, 0.4) is 0 Å². The SMILES string of the molecule is O=C(c1cc[nH]c(=O)c1)N1CCCN(C(=O)c2ccccc2F)CC1. The topological polar surface area (TPSA) is 73.5 Å². The van der Waals surface area contributed by atoms with E-state index in [0.717, 1.165) is 0 Å². The molecule has 0 saturated carbocycles. The van der Waals surface area contributed by atoms with Crippen LogP contribution in [0.25, 0.3) is 0 Å². The molecule has 2 amide bonds. The molecule has 2 aromatic rings. The summed E-state index contributed by atoms with van der Waals surface area (Å²) >= 11 is 0. The molecule has 1 aromatic heterocycles. The van der Waals surface area contributed by atoms with Gasteiger partial charge in [-0.15, -0.1) is 0 Å². The number of benzene rings is 1. The lowest BCUT2D eigenvalue weighted by Crippen LogP contribution is -2.37. The van der Waals surface area contributed by atoms with Crippen molar-refractivity contribution in [2.75, 3.05) is 26.2 Å². The lowest BCUT2D eigenvalue weighted by Gasteiger charge is -2.22. The molecule has 0 bridgehead atoms. The standard InChI is InChI=1S/C18H18FN3O3/c19-15-5-2-1-4-14(15)18(25)22-9-3-8-21(10-11-22)17(24)13-6-7-20-16(23)12-13/h1-2,4-7,12H,3,8-11H2,(H,20,23). The molecular weight excluding hydrogens is 325 g/mol. The molecule has 0 aliphatic carbocycles. The number of carbonyl (C=O) groups excluding carboxylic acids is 2. The summed E-state index contributed by atoms with van der Waals surface area (Å²) in [5, 5.41) is 0. The number of amides is 2. The van der Waals surface area contributed by atoms with Crippen LogP contribution in [0, 0.1) is 5.82 Å². The molecule has 1 aliphatic heterocycles. The minimum atomic E-state index is -0.548. The summed E-state index contributed by atoms with van der Waals surface area (Å²) in [7, 11) is 0. The number of carbonyl (C=O) groups is 2. The zero-order chi connectivity index (χ0) is 17.8. The number of rotatable bonds is 2. The zero-order valence-electron chi connectivity index (χ0n) is 13.6. The number of hydrogen-bond donors (Lipinski definition) is 1. The minimum absolute atomic E-state index is 0.0388. The maximum atomic E-state index is 13.8. The van der Waals surface area contributed by atoms with Crippen molar-refractivity contribution in [1.29, 1.82) is 0 Å². The molecule has 0 radical (unpaired) electrons. The quantitative estimate of drug-likeness (QED) is 0.898. The maximum Gasteiger partial charge on any atom is 0.256 e. The number of aromatic nitrogens is 1. The number of nitrogens with one attached hydrogen (secondary N) is 1. The van der Waals surface area contributed by atoms with Crippen LogP contribution in [0.4, 0.5) is 4.39 Å². The van der Waals surface area contributed by atoms with Crippen LogP contribution in [-0.2, 0) is 0 Å². The highest BCUT2D eigenvalue weighted by molar-refractivity contribution is 5.95. The van der Waals surface area contributed by atoms with Crippen molar-refractivity contribution in [2.24, 2.45) is 0 Å². The largest absolute Gasteiger partial charge is 0.337 e. The van der Waals surface area contributed by atoms with Crippen molar-refractivity contribution in [3.63, 3.8) is 0 Å². The zero-order valence-corrected chi connectivity index (χ0v) is 13.6. The van der Waals surface area contributed by atoms with Gasteiger partial charge in [0, 0.05) is 44.0 Å². The first kappa shape index (κ1) is 16.9. The molecule has 0 unspecified atom stereocenters. The van der Waals surface area contributed by atoms with Gasteiger partial charge in [0.2, 0.25) is 5.56 Å². The molecule has 130 valence electrons. The van der Waals surface area contributed by atoms with E-state index in [4.69, 9.17) is 0 Å². The monoisotopic (exact) mass is 343 g/mol. The summed E-state index contributed by atoms with van der Waals surface area (Å²) in [6, 6.07) is 8.69. The van der Waals surface area contributed by atoms with Crippen molar-refractivity contribution in [3.8, 4) is 0 Å². The van der Waals surface area contributed by atoms with E-state index in [9.17, 15) is 18.8 Å². The smallest absolute Gasteiger partial charge is 0.256 e. The number of hydrogen-bond acceptors (Lipinski definition) is 3. The third-order valence-electron chi connectivity index (χ3n) is 4.20. The Hall–Kier alpha value is -2.96. The van der Waals surface area contributed by atoms with Gasteiger partial charge in [-0.2, -0.15) is 0 Å². The Morgan fingerprint density at radius 1 is 0.960 bits per heavy atom. The van der Waals surface area contributed by atoms with Gasteiger partial charge in [-0.3, -0.25) is 14.4 Å². The van der Waals surface area contributed by atoms with Crippen molar-refractivity contribution in [2.45, 2.75) is 6.42 Å². The first-order valence-electron chi connectivity index (χ1n) is 8.08. The lowest BCUT2D eigenvalue weighted by atomic mass is 10.2. The second-order valence-electron chi connectivity index (χ2n) is 5.86. The molecule has 0 spiro atoms. The Labute approximate surface area is 143 Å². The third kappa shape index (κ3) is 3.76. The maximum absolute atomic E-state index is 13.8. The minimum Gasteiger partial charge on any atom is -0.337 e. The summed E-state index contributed by atoms with van der Waals surface area (Å²) in [4.78, 5) is 42.0. The van der Waals surface area contributed by atoms with Crippen molar-refractivity contribution in [1.82, 2.24) is 14.8 Å². The molecule has 0 atom stereocenters. The fourth-order valence-corrected chi connectivity index (χ4v) is 2.89. The molecule has 1 aromatic carbocycles. The first-order valence-corrected chi connectivity index (χ1v) is 8.08. The summed E-state index contributed by atoms with van der Waals surface area (Å²) in [6.07, 6.45) is 2.02. The number of H-pyrrole nitrogens is 1. The Morgan fingerprint density at radius 3 is 2.32 bits per heavy atom. The Kier molecular flexibility index (Phi) is 4.92. The van der Waals surface area contributed by atoms with Crippen LogP contribution in [-0.4, -0.2) is 52.8 Å². The van der Waals surface area contributed by atoms with Crippen LogP contribution in [0.1, 0.15) is 27.1 Å². The van der Waals surface area contributed by atoms with E-state index in [1.807, 2.05) is 0 Å².